The maximum atomic E-state index is 11.6. The van der Waals surface area contributed by atoms with Gasteiger partial charge in [0.1, 0.15) is 12.2 Å². The lowest BCUT2D eigenvalue weighted by Crippen LogP contribution is -3.00. The van der Waals surface area contributed by atoms with Crippen LogP contribution in [0.5, 0.6) is 0 Å². The second-order valence-corrected chi connectivity index (χ2v) is 3.35. The van der Waals surface area contributed by atoms with Crippen LogP contribution >= 0.6 is 0 Å². The quantitative estimate of drug-likeness (QED) is 0.549. The van der Waals surface area contributed by atoms with Crippen LogP contribution in [0.15, 0.2) is 54.9 Å². The van der Waals surface area contributed by atoms with E-state index in [1.807, 2.05) is 30.3 Å². The number of aromatic nitrogens is 1. The number of hydrogen-bond acceptors (Lipinski definition) is 2. The summed E-state index contributed by atoms with van der Waals surface area (Å²) in [5.74, 6) is -0.319. The van der Waals surface area contributed by atoms with E-state index in [0.29, 0.717) is 12.2 Å². The molecule has 18 heavy (non-hydrogen) atoms. The largest absolute Gasteiger partial charge is 1.00 e. The molecule has 0 fully saturated rings. The van der Waals surface area contributed by atoms with Gasteiger partial charge in [-0.2, -0.15) is 0 Å². The van der Waals surface area contributed by atoms with Gasteiger partial charge >= 0.3 is 5.97 Å². The summed E-state index contributed by atoms with van der Waals surface area (Å²) in [6.45, 7) is 0.300. The predicted octanol–water partition coefficient (Wildman–Crippen LogP) is -0.502. The summed E-state index contributed by atoms with van der Waals surface area (Å²) in [6.07, 6.45) is 3.36. The van der Waals surface area contributed by atoms with Crippen molar-refractivity contribution in [3.05, 3.63) is 66.0 Å². The third-order valence-electron chi connectivity index (χ3n) is 2.16. The molecule has 0 radical (unpaired) electrons. The number of nitrogens with one attached hydrogen (secondary N) is 1. The summed E-state index contributed by atoms with van der Waals surface area (Å²) >= 11 is 0. The van der Waals surface area contributed by atoms with E-state index in [1.165, 1.54) is 0 Å². The molecule has 0 atom stereocenters. The number of H-pyrrole nitrogens is 1. The second-order valence-electron chi connectivity index (χ2n) is 3.35. The number of rotatable bonds is 3. The normalized spacial score (nSPS) is 8.67. The van der Waals surface area contributed by atoms with Gasteiger partial charge in [-0.25, -0.2) is 9.78 Å². The van der Waals surface area contributed by atoms with Crippen molar-refractivity contribution in [1.82, 2.24) is 0 Å². The number of ether oxygens (including phenoxy) is 1. The molecule has 1 aromatic heterocycles. The average molecular weight is 357 g/mol. The molecule has 0 aliphatic rings. The number of carbonyl (C=O) groups is 1. The Balaban J connectivity index is 0.00000144. The topological polar surface area (TPSA) is 40.4 Å². The van der Waals surface area contributed by atoms with E-state index in [-0.39, 0.29) is 37.4 Å². The molecule has 4 heteroatoms. The van der Waals surface area contributed by atoms with Gasteiger partial charge in [0, 0.05) is 6.07 Å². The molecule has 96 valence electrons. The summed E-state index contributed by atoms with van der Waals surface area (Å²) in [5, 5.41) is 0. The zero-order chi connectivity index (χ0) is 11.2. The minimum atomic E-state index is -0.319. The number of aromatic amines is 1. The summed E-state index contributed by atoms with van der Waals surface area (Å²) in [5.41, 5.74) is 1.51. The molecule has 0 aliphatic heterocycles. The van der Waals surface area contributed by atoms with Crippen molar-refractivity contribution in [3.63, 3.8) is 0 Å². The van der Waals surface area contributed by atoms with Gasteiger partial charge < -0.3 is 28.7 Å². The van der Waals surface area contributed by atoms with Crippen LogP contribution in [0.3, 0.4) is 0 Å². The third kappa shape index (κ3) is 4.83. The van der Waals surface area contributed by atoms with Gasteiger partial charge in [-0.05, 0) is 11.6 Å². The Labute approximate surface area is 124 Å². The van der Waals surface area contributed by atoms with Gasteiger partial charge in [-0.15, -0.1) is 0 Å². The lowest BCUT2D eigenvalue weighted by Gasteiger charge is -2.02. The van der Waals surface area contributed by atoms with E-state index in [9.17, 15) is 4.79 Å². The van der Waals surface area contributed by atoms with Gasteiger partial charge in [0.25, 0.3) is 0 Å². The van der Waals surface area contributed by atoms with Crippen LogP contribution in [0.2, 0.25) is 0 Å². The highest BCUT2D eigenvalue weighted by molar-refractivity contribution is 5.88. The van der Waals surface area contributed by atoms with Gasteiger partial charge in [-0.3, -0.25) is 0 Å². The number of hydrogen-bond donors (Lipinski definition) is 0. The van der Waals surface area contributed by atoms with Crippen LogP contribution in [-0.4, -0.2) is 5.97 Å². The van der Waals surface area contributed by atoms with Gasteiger partial charge in [0.2, 0.25) is 0 Å². The van der Waals surface area contributed by atoms with Crippen LogP contribution in [-0.2, 0) is 11.3 Å². The first-order chi connectivity index (χ1) is 7.86. The Morgan fingerprint density at radius 1 is 1.11 bits per heavy atom. The summed E-state index contributed by atoms with van der Waals surface area (Å²) in [6, 6.07) is 13.1. The molecule has 0 saturated carbocycles. The van der Waals surface area contributed by atoms with E-state index in [4.69, 9.17) is 4.74 Å². The summed E-state index contributed by atoms with van der Waals surface area (Å²) in [4.78, 5) is 14.4. The number of carbonyl (C=O) groups excluding carboxylic acids is 1. The first-order valence-electron chi connectivity index (χ1n) is 5.03. The van der Waals surface area contributed by atoms with Gasteiger partial charge in [-0.1, -0.05) is 37.8 Å². The molecule has 3 nitrogen and oxygen atoms in total. The highest BCUT2D eigenvalue weighted by atomic mass is 127. The lowest BCUT2D eigenvalue weighted by molar-refractivity contribution is -0.378. The van der Waals surface area contributed by atoms with Crippen LogP contribution in [0.1, 0.15) is 23.3 Å². The van der Waals surface area contributed by atoms with Crippen molar-refractivity contribution in [2.24, 2.45) is 0 Å². The van der Waals surface area contributed by atoms with E-state index in [2.05, 4.69) is 4.98 Å². The average Bonchev–Trinajstić information content (AvgIpc) is 2.38. The van der Waals surface area contributed by atoms with Crippen molar-refractivity contribution in [3.8, 4) is 0 Å². The summed E-state index contributed by atoms with van der Waals surface area (Å²) < 4.78 is 5.16. The Morgan fingerprint density at radius 2 is 1.83 bits per heavy atom. The van der Waals surface area contributed by atoms with E-state index in [0.717, 1.165) is 5.56 Å². The number of halogens is 1. The Bertz CT molecular complexity index is 460. The van der Waals surface area contributed by atoms with Crippen molar-refractivity contribution < 1.29 is 38.5 Å². The zero-order valence-corrected chi connectivity index (χ0v) is 11.3. The molecular weight excluding hydrogens is 341 g/mol. The molecule has 2 rings (SSSR count). The number of esters is 1. The SMILES string of the molecule is C.O=C(OCc1ccccc1)c1ccc[nH+]c1.[I-]. The van der Waals surface area contributed by atoms with Crippen molar-refractivity contribution in [2.45, 2.75) is 14.0 Å². The molecule has 0 saturated heterocycles. The molecule has 0 bridgehead atoms. The standard InChI is InChI=1S/C13H11NO2.CH4.HI/c15-13(12-7-4-8-14-9-12)16-10-11-5-2-1-3-6-11;;/h1-9H,10H2;1H4;1H. The van der Waals surface area contributed by atoms with Gasteiger partial charge in [0.05, 0.1) is 0 Å². The zero-order valence-electron chi connectivity index (χ0n) is 9.10. The Hall–Kier alpha value is -1.43. The van der Waals surface area contributed by atoms with Crippen LogP contribution in [0.25, 0.3) is 0 Å². The fourth-order valence-electron chi connectivity index (χ4n) is 1.33. The molecule has 1 N–H and O–H groups in total. The van der Waals surface area contributed by atoms with E-state index >= 15 is 0 Å². The fourth-order valence-corrected chi connectivity index (χ4v) is 1.33. The molecular formula is C14H16INO2. The minimum Gasteiger partial charge on any atom is -1.00 e. The highest BCUT2D eigenvalue weighted by Gasteiger charge is 2.08. The first kappa shape index (κ1) is 16.6. The number of benzene rings is 1. The maximum Gasteiger partial charge on any atom is 0.344 e. The molecule has 1 aromatic carbocycles. The smallest absolute Gasteiger partial charge is 0.344 e. The monoisotopic (exact) mass is 357 g/mol. The highest BCUT2D eigenvalue weighted by Crippen LogP contribution is 2.04. The van der Waals surface area contributed by atoms with Crippen LogP contribution in [0.4, 0.5) is 0 Å². The maximum absolute atomic E-state index is 11.6. The fraction of sp³-hybridized carbons (Fsp3) is 0.143. The minimum absolute atomic E-state index is 0. The third-order valence-corrected chi connectivity index (χ3v) is 2.16. The second kappa shape index (κ2) is 8.63. The molecule has 0 spiro atoms. The molecule has 0 unspecified atom stereocenters. The van der Waals surface area contributed by atoms with E-state index in [1.54, 1.807) is 24.5 Å². The Kier molecular flexibility index (Phi) is 7.94. The lowest BCUT2D eigenvalue weighted by atomic mass is 10.2. The Morgan fingerprint density at radius 3 is 2.44 bits per heavy atom. The van der Waals surface area contributed by atoms with Crippen LogP contribution < -0.4 is 29.0 Å². The molecule has 2 aromatic rings. The van der Waals surface area contributed by atoms with Crippen molar-refractivity contribution in [2.75, 3.05) is 0 Å². The van der Waals surface area contributed by atoms with Crippen LogP contribution in [0, 0.1) is 0 Å². The molecule has 0 amide bonds. The van der Waals surface area contributed by atoms with E-state index < -0.39 is 0 Å². The van der Waals surface area contributed by atoms with Crippen molar-refractivity contribution in [1.29, 1.82) is 0 Å². The van der Waals surface area contributed by atoms with Gasteiger partial charge in [0.15, 0.2) is 12.4 Å². The molecule has 1 heterocycles. The summed E-state index contributed by atoms with van der Waals surface area (Å²) in [7, 11) is 0. The molecule has 0 aliphatic carbocycles. The predicted molar refractivity (Wildman–Crippen MR) is 65.3 cm³/mol. The number of pyridine rings is 1. The first-order valence-corrected chi connectivity index (χ1v) is 5.03. The van der Waals surface area contributed by atoms with Crippen molar-refractivity contribution >= 4 is 5.97 Å².